The third-order valence-electron chi connectivity index (χ3n) is 4.61. The van der Waals surface area contributed by atoms with Gasteiger partial charge in [-0.25, -0.2) is 0 Å². The monoisotopic (exact) mass is 337 g/mol. The first kappa shape index (κ1) is 16.0. The fourth-order valence-electron chi connectivity index (χ4n) is 3.52. The highest BCUT2D eigenvalue weighted by molar-refractivity contribution is 9.10. The van der Waals surface area contributed by atoms with Crippen LogP contribution in [0.25, 0.3) is 0 Å². The normalized spacial score (nSPS) is 19.8. The Morgan fingerprint density at radius 2 is 1.80 bits per heavy atom. The van der Waals surface area contributed by atoms with E-state index in [4.69, 9.17) is 0 Å². The smallest absolute Gasteiger partial charge is 0.0175 e. The standard InChI is InChI=1S/C18H28BrN/c1-3-18(16-7-5-4-6-8-16)20-14(2)13-15-9-11-17(19)12-10-15/h9-12,14,16,18,20H,3-8,13H2,1-2H3. The Labute approximate surface area is 132 Å². The summed E-state index contributed by atoms with van der Waals surface area (Å²) in [5.41, 5.74) is 1.42. The Hall–Kier alpha value is -0.340. The van der Waals surface area contributed by atoms with E-state index in [-0.39, 0.29) is 0 Å². The summed E-state index contributed by atoms with van der Waals surface area (Å²) in [6.07, 6.45) is 9.55. The van der Waals surface area contributed by atoms with Crippen LogP contribution in [0.15, 0.2) is 28.7 Å². The van der Waals surface area contributed by atoms with Gasteiger partial charge in [-0.2, -0.15) is 0 Å². The SMILES string of the molecule is CCC(NC(C)Cc1ccc(Br)cc1)C1CCCCC1. The van der Waals surface area contributed by atoms with Crippen molar-refractivity contribution in [3.63, 3.8) is 0 Å². The lowest BCUT2D eigenvalue weighted by Crippen LogP contribution is -2.42. The molecule has 0 heterocycles. The largest absolute Gasteiger partial charge is 0.311 e. The van der Waals surface area contributed by atoms with E-state index in [1.807, 2.05) is 0 Å². The highest BCUT2D eigenvalue weighted by Crippen LogP contribution is 2.28. The molecule has 20 heavy (non-hydrogen) atoms. The number of rotatable bonds is 6. The second-order valence-electron chi connectivity index (χ2n) is 6.31. The Morgan fingerprint density at radius 3 is 2.40 bits per heavy atom. The topological polar surface area (TPSA) is 12.0 Å². The molecule has 1 N–H and O–H groups in total. The van der Waals surface area contributed by atoms with Crippen molar-refractivity contribution in [3.8, 4) is 0 Å². The van der Waals surface area contributed by atoms with Crippen molar-refractivity contribution in [3.05, 3.63) is 34.3 Å². The highest BCUT2D eigenvalue weighted by atomic mass is 79.9. The van der Waals surface area contributed by atoms with Crippen molar-refractivity contribution in [2.75, 3.05) is 0 Å². The predicted molar refractivity (Wildman–Crippen MR) is 91.1 cm³/mol. The van der Waals surface area contributed by atoms with Crippen molar-refractivity contribution in [2.45, 2.75) is 70.9 Å². The maximum atomic E-state index is 3.89. The number of halogens is 1. The molecule has 0 aromatic heterocycles. The van der Waals surface area contributed by atoms with Crippen LogP contribution in [0.3, 0.4) is 0 Å². The molecular formula is C18H28BrN. The van der Waals surface area contributed by atoms with Gasteiger partial charge < -0.3 is 5.32 Å². The summed E-state index contributed by atoms with van der Waals surface area (Å²) in [6.45, 7) is 4.66. The molecule has 112 valence electrons. The van der Waals surface area contributed by atoms with Crippen molar-refractivity contribution >= 4 is 15.9 Å². The van der Waals surface area contributed by atoms with Crippen molar-refractivity contribution in [1.82, 2.24) is 5.32 Å². The lowest BCUT2D eigenvalue weighted by molar-refractivity contribution is 0.248. The van der Waals surface area contributed by atoms with Crippen LogP contribution in [0.5, 0.6) is 0 Å². The summed E-state index contributed by atoms with van der Waals surface area (Å²) in [7, 11) is 0. The molecule has 1 aliphatic carbocycles. The van der Waals surface area contributed by atoms with E-state index < -0.39 is 0 Å². The zero-order chi connectivity index (χ0) is 14.4. The minimum atomic E-state index is 0.558. The Morgan fingerprint density at radius 1 is 1.15 bits per heavy atom. The van der Waals surface area contributed by atoms with E-state index in [1.54, 1.807) is 0 Å². The molecule has 1 fully saturated rings. The van der Waals surface area contributed by atoms with Crippen LogP contribution in [0.1, 0.15) is 57.9 Å². The van der Waals surface area contributed by atoms with E-state index in [0.29, 0.717) is 12.1 Å². The molecule has 2 rings (SSSR count). The summed E-state index contributed by atoms with van der Waals surface area (Å²) in [4.78, 5) is 0. The molecular weight excluding hydrogens is 310 g/mol. The summed E-state index contributed by atoms with van der Waals surface area (Å²) < 4.78 is 1.16. The van der Waals surface area contributed by atoms with Crippen LogP contribution < -0.4 is 5.32 Å². The average molecular weight is 338 g/mol. The van der Waals surface area contributed by atoms with Gasteiger partial charge in [0.2, 0.25) is 0 Å². The van der Waals surface area contributed by atoms with Gasteiger partial charge in [0.25, 0.3) is 0 Å². The molecule has 0 saturated heterocycles. The number of hydrogen-bond acceptors (Lipinski definition) is 1. The summed E-state index contributed by atoms with van der Waals surface area (Å²) >= 11 is 3.50. The molecule has 1 aliphatic rings. The van der Waals surface area contributed by atoms with E-state index in [1.165, 1.54) is 44.1 Å². The maximum absolute atomic E-state index is 3.89. The van der Waals surface area contributed by atoms with Crippen LogP contribution in [0.4, 0.5) is 0 Å². The van der Waals surface area contributed by atoms with Crippen LogP contribution in [-0.4, -0.2) is 12.1 Å². The van der Waals surface area contributed by atoms with E-state index in [9.17, 15) is 0 Å². The predicted octanol–water partition coefficient (Wildman–Crippen LogP) is 5.33. The maximum Gasteiger partial charge on any atom is 0.0175 e. The van der Waals surface area contributed by atoms with Gasteiger partial charge in [0.05, 0.1) is 0 Å². The van der Waals surface area contributed by atoms with Gasteiger partial charge >= 0.3 is 0 Å². The molecule has 0 aliphatic heterocycles. The first-order valence-corrected chi connectivity index (χ1v) is 8.99. The number of hydrogen-bond donors (Lipinski definition) is 1. The second kappa shape index (κ2) is 8.19. The average Bonchev–Trinajstić information content (AvgIpc) is 2.48. The second-order valence-corrected chi connectivity index (χ2v) is 7.23. The van der Waals surface area contributed by atoms with Crippen molar-refractivity contribution in [1.29, 1.82) is 0 Å². The Kier molecular flexibility index (Phi) is 6.57. The molecule has 0 bridgehead atoms. The third-order valence-corrected chi connectivity index (χ3v) is 5.14. The fraction of sp³-hybridized carbons (Fsp3) is 0.667. The van der Waals surface area contributed by atoms with Crippen molar-refractivity contribution in [2.24, 2.45) is 5.92 Å². The highest BCUT2D eigenvalue weighted by Gasteiger charge is 2.23. The molecule has 2 atom stereocenters. The first-order valence-electron chi connectivity index (χ1n) is 8.19. The third kappa shape index (κ3) is 4.89. The minimum absolute atomic E-state index is 0.558. The molecule has 0 amide bonds. The number of nitrogens with one attached hydrogen (secondary N) is 1. The van der Waals surface area contributed by atoms with Crippen LogP contribution in [0.2, 0.25) is 0 Å². The summed E-state index contributed by atoms with van der Waals surface area (Å²) in [6, 6.07) is 10.00. The van der Waals surface area contributed by atoms with Gasteiger partial charge in [0, 0.05) is 16.6 Å². The molecule has 2 unspecified atom stereocenters. The quantitative estimate of drug-likeness (QED) is 0.739. The Bertz CT molecular complexity index is 381. The van der Waals surface area contributed by atoms with Gasteiger partial charge in [0.1, 0.15) is 0 Å². The molecule has 0 radical (unpaired) electrons. The van der Waals surface area contributed by atoms with Gasteiger partial charge in [-0.05, 0) is 56.2 Å². The van der Waals surface area contributed by atoms with Crippen molar-refractivity contribution < 1.29 is 0 Å². The first-order chi connectivity index (χ1) is 9.69. The van der Waals surface area contributed by atoms with Crippen LogP contribution in [-0.2, 0) is 6.42 Å². The van der Waals surface area contributed by atoms with Crippen LogP contribution in [0, 0.1) is 5.92 Å². The van der Waals surface area contributed by atoms with E-state index in [2.05, 4.69) is 59.4 Å². The molecule has 1 nitrogen and oxygen atoms in total. The summed E-state index contributed by atoms with van der Waals surface area (Å²) in [5.74, 6) is 0.904. The Balaban J connectivity index is 1.84. The lowest BCUT2D eigenvalue weighted by Gasteiger charge is -2.32. The molecule has 1 aromatic rings. The van der Waals surface area contributed by atoms with Gasteiger partial charge in [-0.3, -0.25) is 0 Å². The molecule has 1 saturated carbocycles. The fourth-order valence-corrected chi connectivity index (χ4v) is 3.79. The van der Waals surface area contributed by atoms with Gasteiger partial charge in [0.15, 0.2) is 0 Å². The van der Waals surface area contributed by atoms with Gasteiger partial charge in [-0.15, -0.1) is 0 Å². The zero-order valence-electron chi connectivity index (χ0n) is 12.9. The van der Waals surface area contributed by atoms with Gasteiger partial charge in [-0.1, -0.05) is 54.2 Å². The zero-order valence-corrected chi connectivity index (χ0v) is 14.5. The lowest BCUT2D eigenvalue weighted by atomic mass is 9.82. The summed E-state index contributed by atoms with van der Waals surface area (Å²) in [5, 5.41) is 3.89. The minimum Gasteiger partial charge on any atom is -0.311 e. The van der Waals surface area contributed by atoms with Crippen LogP contribution >= 0.6 is 15.9 Å². The molecule has 0 spiro atoms. The molecule has 1 aromatic carbocycles. The van der Waals surface area contributed by atoms with E-state index in [0.717, 1.165) is 16.8 Å². The van der Waals surface area contributed by atoms with E-state index >= 15 is 0 Å². The molecule has 2 heteroatoms. The number of benzene rings is 1.